The first-order chi connectivity index (χ1) is 7.80. The maximum Gasteiger partial charge on any atom is 0.191 e. The highest BCUT2D eigenvalue weighted by Crippen LogP contribution is 2.12. The third-order valence-electron chi connectivity index (χ3n) is 2.22. The Morgan fingerprint density at radius 2 is 1.75 bits per heavy atom. The lowest BCUT2D eigenvalue weighted by Crippen LogP contribution is -2.22. The third kappa shape index (κ3) is 4.18. The van der Waals surface area contributed by atoms with E-state index in [1.807, 2.05) is 31.3 Å². The Labute approximate surface area is 96.5 Å². The average Bonchev–Trinajstić information content (AvgIpc) is 2.33. The van der Waals surface area contributed by atoms with E-state index in [0.29, 0.717) is 6.61 Å². The number of methoxy groups -OCH3 is 2. The Morgan fingerprint density at radius 1 is 1.12 bits per heavy atom. The van der Waals surface area contributed by atoms with Crippen LogP contribution in [-0.4, -0.2) is 34.2 Å². The van der Waals surface area contributed by atoms with Crippen LogP contribution < -0.4 is 10.1 Å². The van der Waals surface area contributed by atoms with Gasteiger partial charge in [0.1, 0.15) is 12.4 Å². The molecule has 0 saturated heterocycles. The van der Waals surface area contributed by atoms with Crippen LogP contribution in [0.15, 0.2) is 24.3 Å². The van der Waals surface area contributed by atoms with E-state index in [9.17, 15) is 0 Å². The van der Waals surface area contributed by atoms with E-state index in [1.165, 1.54) is 5.56 Å². The van der Waals surface area contributed by atoms with Crippen molar-refractivity contribution in [2.24, 2.45) is 0 Å². The fourth-order valence-corrected chi connectivity index (χ4v) is 1.30. The van der Waals surface area contributed by atoms with Gasteiger partial charge in [-0.1, -0.05) is 12.1 Å². The highest BCUT2D eigenvalue weighted by Gasteiger charge is 2.05. The summed E-state index contributed by atoms with van der Waals surface area (Å²) in [6.45, 7) is 1.25. The van der Waals surface area contributed by atoms with Gasteiger partial charge in [-0.2, -0.15) is 0 Å². The molecule has 0 radical (unpaired) electrons. The predicted molar refractivity (Wildman–Crippen MR) is 62.5 cm³/mol. The minimum Gasteiger partial charge on any atom is -0.488 e. The SMILES string of the molecule is CNCc1ccc(OCC(OC)OC)cc1. The average molecular weight is 225 g/mol. The van der Waals surface area contributed by atoms with Crippen molar-refractivity contribution in [2.75, 3.05) is 27.9 Å². The maximum atomic E-state index is 5.51. The fraction of sp³-hybridized carbons (Fsp3) is 0.500. The number of nitrogens with one attached hydrogen (secondary N) is 1. The van der Waals surface area contributed by atoms with E-state index in [2.05, 4.69) is 5.32 Å². The number of rotatable bonds is 7. The molecule has 0 atom stereocenters. The molecule has 1 N–H and O–H groups in total. The summed E-state index contributed by atoms with van der Waals surface area (Å²) < 4.78 is 15.6. The van der Waals surface area contributed by atoms with Crippen LogP contribution in [0.25, 0.3) is 0 Å². The first kappa shape index (κ1) is 13.0. The molecule has 4 nitrogen and oxygen atoms in total. The van der Waals surface area contributed by atoms with Gasteiger partial charge in [0.15, 0.2) is 6.29 Å². The van der Waals surface area contributed by atoms with Gasteiger partial charge in [-0.15, -0.1) is 0 Å². The minimum atomic E-state index is -0.322. The van der Waals surface area contributed by atoms with Crippen molar-refractivity contribution in [3.8, 4) is 5.75 Å². The van der Waals surface area contributed by atoms with E-state index in [1.54, 1.807) is 14.2 Å². The van der Waals surface area contributed by atoms with Crippen molar-refractivity contribution < 1.29 is 14.2 Å². The molecule has 0 unspecified atom stereocenters. The summed E-state index contributed by atoms with van der Waals surface area (Å²) in [6.07, 6.45) is -0.322. The number of benzene rings is 1. The lowest BCUT2D eigenvalue weighted by Gasteiger charge is -2.14. The normalized spacial score (nSPS) is 10.8. The van der Waals surface area contributed by atoms with Crippen LogP contribution in [-0.2, 0) is 16.0 Å². The molecule has 0 aliphatic heterocycles. The summed E-state index contributed by atoms with van der Waals surface area (Å²) in [6, 6.07) is 7.94. The molecule has 0 heterocycles. The second kappa shape index (κ2) is 7.22. The monoisotopic (exact) mass is 225 g/mol. The van der Waals surface area contributed by atoms with E-state index >= 15 is 0 Å². The summed E-state index contributed by atoms with van der Waals surface area (Å²) in [5, 5.41) is 3.09. The van der Waals surface area contributed by atoms with E-state index in [-0.39, 0.29) is 6.29 Å². The van der Waals surface area contributed by atoms with Crippen molar-refractivity contribution in [2.45, 2.75) is 12.8 Å². The summed E-state index contributed by atoms with van der Waals surface area (Å²) in [5.74, 6) is 0.818. The Bertz CT molecular complexity index is 283. The van der Waals surface area contributed by atoms with Crippen LogP contribution in [0.2, 0.25) is 0 Å². The highest BCUT2D eigenvalue weighted by atomic mass is 16.7. The van der Waals surface area contributed by atoms with Gasteiger partial charge in [0.25, 0.3) is 0 Å². The molecule has 16 heavy (non-hydrogen) atoms. The molecule has 1 aromatic rings. The molecule has 0 aliphatic carbocycles. The van der Waals surface area contributed by atoms with Gasteiger partial charge in [-0.25, -0.2) is 0 Å². The van der Waals surface area contributed by atoms with Crippen LogP contribution in [0.3, 0.4) is 0 Å². The van der Waals surface area contributed by atoms with E-state index in [4.69, 9.17) is 14.2 Å². The maximum absolute atomic E-state index is 5.51. The summed E-state index contributed by atoms with van der Waals surface area (Å²) in [7, 11) is 5.10. The molecule has 0 spiro atoms. The summed E-state index contributed by atoms with van der Waals surface area (Å²) in [4.78, 5) is 0. The van der Waals surface area contributed by atoms with Gasteiger partial charge in [0.05, 0.1) is 0 Å². The van der Waals surface area contributed by atoms with Gasteiger partial charge in [-0.3, -0.25) is 0 Å². The molecule has 4 heteroatoms. The zero-order chi connectivity index (χ0) is 11.8. The van der Waals surface area contributed by atoms with Gasteiger partial charge in [0, 0.05) is 20.8 Å². The molecule has 0 bridgehead atoms. The quantitative estimate of drug-likeness (QED) is 0.712. The highest BCUT2D eigenvalue weighted by molar-refractivity contribution is 5.27. The standard InChI is InChI=1S/C12H19NO3/c1-13-8-10-4-6-11(7-5-10)16-9-12(14-2)15-3/h4-7,12-13H,8-9H2,1-3H3. The smallest absolute Gasteiger partial charge is 0.191 e. The fourth-order valence-electron chi connectivity index (χ4n) is 1.30. The Hall–Kier alpha value is -1.10. The molecule has 1 aromatic carbocycles. The van der Waals surface area contributed by atoms with Crippen molar-refractivity contribution in [1.82, 2.24) is 5.32 Å². The second-order valence-corrected chi connectivity index (χ2v) is 3.39. The van der Waals surface area contributed by atoms with E-state index in [0.717, 1.165) is 12.3 Å². The van der Waals surface area contributed by atoms with Crippen LogP contribution in [0.4, 0.5) is 0 Å². The van der Waals surface area contributed by atoms with Gasteiger partial charge < -0.3 is 19.5 Å². The van der Waals surface area contributed by atoms with Gasteiger partial charge >= 0.3 is 0 Å². The first-order valence-corrected chi connectivity index (χ1v) is 5.22. The van der Waals surface area contributed by atoms with Crippen LogP contribution >= 0.6 is 0 Å². The topological polar surface area (TPSA) is 39.7 Å². The van der Waals surface area contributed by atoms with Crippen molar-refractivity contribution in [3.63, 3.8) is 0 Å². The molecular weight excluding hydrogens is 206 g/mol. The Kier molecular flexibility index (Phi) is 5.85. The molecule has 90 valence electrons. The second-order valence-electron chi connectivity index (χ2n) is 3.39. The molecule has 0 aliphatic rings. The summed E-state index contributed by atoms with van der Waals surface area (Å²) in [5.41, 5.74) is 1.23. The van der Waals surface area contributed by atoms with E-state index < -0.39 is 0 Å². The number of hydrogen-bond donors (Lipinski definition) is 1. The minimum absolute atomic E-state index is 0.322. The van der Waals surface area contributed by atoms with Gasteiger partial charge in [-0.05, 0) is 24.7 Å². The molecule has 0 fully saturated rings. The number of hydrogen-bond acceptors (Lipinski definition) is 4. The first-order valence-electron chi connectivity index (χ1n) is 5.22. The van der Waals surface area contributed by atoms with Crippen LogP contribution in [0.1, 0.15) is 5.56 Å². The van der Waals surface area contributed by atoms with Gasteiger partial charge in [0.2, 0.25) is 0 Å². The zero-order valence-electron chi connectivity index (χ0n) is 10.0. The Morgan fingerprint density at radius 3 is 2.25 bits per heavy atom. The largest absolute Gasteiger partial charge is 0.488 e. The lowest BCUT2D eigenvalue weighted by molar-refractivity contribution is -0.121. The lowest BCUT2D eigenvalue weighted by atomic mass is 10.2. The molecule has 1 rings (SSSR count). The van der Waals surface area contributed by atoms with Crippen molar-refractivity contribution in [3.05, 3.63) is 29.8 Å². The summed E-state index contributed by atoms with van der Waals surface area (Å²) >= 11 is 0. The van der Waals surface area contributed by atoms with Crippen molar-refractivity contribution in [1.29, 1.82) is 0 Å². The molecule has 0 amide bonds. The molecule has 0 saturated carbocycles. The van der Waals surface area contributed by atoms with Crippen molar-refractivity contribution >= 4 is 0 Å². The van der Waals surface area contributed by atoms with Crippen LogP contribution in [0, 0.1) is 0 Å². The predicted octanol–water partition coefficient (Wildman–Crippen LogP) is 1.40. The molecular formula is C12H19NO3. The molecule has 0 aromatic heterocycles. The number of ether oxygens (including phenoxy) is 3. The van der Waals surface area contributed by atoms with Crippen LogP contribution in [0.5, 0.6) is 5.75 Å². The zero-order valence-corrected chi connectivity index (χ0v) is 10.0. The third-order valence-corrected chi connectivity index (χ3v) is 2.22. The Balaban J connectivity index is 2.42.